The zero-order chi connectivity index (χ0) is 49.6. The van der Waals surface area contributed by atoms with E-state index in [4.69, 9.17) is 18.3 Å². The molecule has 0 bridgehead atoms. The van der Waals surface area contributed by atoms with Crippen LogP contribution in [-0.4, -0.2) is 91.6 Å². The lowest BCUT2D eigenvalue weighted by Gasteiger charge is -2.27. The number of nitrogens with zero attached hydrogens (tertiary/aromatic N) is 10. The summed E-state index contributed by atoms with van der Waals surface area (Å²) in [6.45, 7) is 8.84. The summed E-state index contributed by atoms with van der Waals surface area (Å²) in [6, 6.07) is 18.3. The summed E-state index contributed by atoms with van der Waals surface area (Å²) in [5.41, 5.74) is 2.70. The van der Waals surface area contributed by atoms with Crippen molar-refractivity contribution >= 4 is 55.9 Å². The van der Waals surface area contributed by atoms with Gasteiger partial charge in [0.25, 0.3) is 0 Å². The first kappa shape index (κ1) is 46.0. The zero-order valence-corrected chi connectivity index (χ0v) is 38.6. The van der Waals surface area contributed by atoms with Crippen LogP contribution in [0.1, 0.15) is 37.5 Å². The fraction of sp³-hybridized carbons (Fsp3) is 0.231. The Morgan fingerprint density at radius 2 is 0.889 bits per heavy atom. The third kappa shape index (κ3) is 8.26. The minimum absolute atomic E-state index is 0.126. The highest BCUT2D eigenvalue weighted by atomic mass is 19.1. The van der Waals surface area contributed by atoms with E-state index in [2.05, 4.69) is 39.7 Å². The van der Waals surface area contributed by atoms with Crippen molar-refractivity contribution in [2.45, 2.75) is 25.9 Å². The first-order valence-corrected chi connectivity index (χ1v) is 23.1. The molecule has 0 aliphatic carbocycles. The SMILES string of the molecule is CC(c1oc2cccc(F)c2c(=O)c1-c1ccc(F)cc1)n1cnc2c(N3CCOCC3)ncnc21.CC(c1oc2cccc(F)c2c(=O)c1-c1ccc(F)cc1)n1cnc2c(N3CCOCC3)ncnc21. The monoisotopic (exact) mass is 978 g/mol. The molecule has 0 radical (unpaired) electrons. The summed E-state index contributed by atoms with van der Waals surface area (Å²) in [6.07, 6.45) is 6.20. The molecule has 20 heteroatoms. The van der Waals surface area contributed by atoms with Crippen molar-refractivity contribution in [2.24, 2.45) is 0 Å². The number of hydrogen-bond donors (Lipinski definition) is 0. The number of morpholine rings is 2. The van der Waals surface area contributed by atoms with Gasteiger partial charge in [-0.05, 0) is 73.5 Å². The third-order valence-electron chi connectivity index (χ3n) is 13.0. The van der Waals surface area contributed by atoms with E-state index in [1.165, 1.54) is 85.5 Å². The van der Waals surface area contributed by atoms with Gasteiger partial charge in [0.2, 0.25) is 10.9 Å². The minimum atomic E-state index is -0.681. The predicted molar refractivity (Wildman–Crippen MR) is 260 cm³/mol. The normalized spacial score (nSPS) is 15.0. The number of halogens is 4. The molecular formula is C52H42F4N10O6. The second-order valence-corrected chi connectivity index (χ2v) is 17.2. The van der Waals surface area contributed by atoms with Gasteiger partial charge >= 0.3 is 0 Å². The second kappa shape index (κ2) is 19.1. The van der Waals surface area contributed by atoms with E-state index in [9.17, 15) is 27.2 Å². The van der Waals surface area contributed by atoms with Crippen LogP contribution >= 0.6 is 0 Å². The predicted octanol–water partition coefficient (Wildman–Crippen LogP) is 8.65. The van der Waals surface area contributed by atoms with Gasteiger partial charge in [-0.25, -0.2) is 47.5 Å². The smallest absolute Gasteiger partial charge is 0.203 e. The molecule has 364 valence electrons. The maximum atomic E-state index is 14.7. The first-order valence-electron chi connectivity index (χ1n) is 23.1. The number of ether oxygens (including phenoxy) is 2. The molecule has 0 amide bonds. The molecule has 16 nitrogen and oxygen atoms in total. The number of fused-ring (bicyclic) bond motifs is 4. The molecule has 4 aromatic carbocycles. The second-order valence-electron chi connectivity index (χ2n) is 17.2. The highest BCUT2D eigenvalue weighted by molar-refractivity contribution is 5.87. The Morgan fingerprint density at radius 3 is 1.28 bits per heavy atom. The van der Waals surface area contributed by atoms with Crippen LogP contribution in [-0.2, 0) is 9.47 Å². The van der Waals surface area contributed by atoms with Gasteiger partial charge in [-0.15, -0.1) is 0 Å². The number of aromatic nitrogens is 8. The number of anilines is 2. The molecule has 2 unspecified atom stereocenters. The molecule has 0 N–H and O–H groups in total. The van der Waals surface area contributed by atoms with Crippen LogP contribution in [0.15, 0.2) is 129 Å². The van der Waals surface area contributed by atoms with Gasteiger partial charge in [-0.2, -0.15) is 0 Å². The molecule has 2 saturated heterocycles. The molecule has 2 aliphatic heterocycles. The number of benzene rings is 4. The summed E-state index contributed by atoms with van der Waals surface area (Å²) in [5, 5.41) is -0.305. The lowest BCUT2D eigenvalue weighted by Crippen LogP contribution is -2.37. The molecular weight excluding hydrogens is 937 g/mol. The van der Waals surface area contributed by atoms with Crippen molar-refractivity contribution in [1.29, 1.82) is 0 Å². The summed E-state index contributed by atoms with van der Waals surface area (Å²) in [5.74, 6) is -0.272. The van der Waals surface area contributed by atoms with Gasteiger partial charge in [-0.1, -0.05) is 36.4 Å². The van der Waals surface area contributed by atoms with E-state index in [1.54, 1.807) is 33.9 Å². The molecule has 6 aromatic heterocycles. The van der Waals surface area contributed by atoms with E-state index in [0.717, 1.165) is 0 Å². The maximum absolute atomic E-state index is 14.7. The van der Waals surface area contributed by atoms with Gasteiger partial charge in [-0.3, -0.25) is 9.59 Å². The molecule has 8 heterocycles. The van der Waals surface area contributed by atoms with Crippen molar-refractivity contribution in [2.75, 3.05) is 62.4 Å². The van der Waals surface area contributed by atoms with Crippen LogP contribution in [0.3, 0.4) is 0 Å². The molecule has 0 saturated carbocycles. The highest BCUT2D eigenvalue weighted by Gasteiger charge is 2.29. The highest BCUT2D eigenvalue weighted by Crippen LogP contribution is 2.36. The lowest BCUT2D eigenvalue weighted by molar-refractivity contribution is 0.122. The van der Waals surface area contributed by atoms with E-state index >= 15 is 0 Å². The van der Waals surface area contributed by atoms with E-state index in [-0.39, 0.29) is 44.6 Å². The largest absolute Gasteiger partial charge is 0.458 e. The standard InChI is InChI=1S/2C26H21F2N5O3/c2*1-15(33-14-31-22-25(29-13-30-26(22)33)32-9-11-35-12-10-32)24-20(16-5-7-17(27)8-6-16)23(34)21-18(28)3-2-4-19(21)36-24/h2*2-8,13-15H,9-12H2,1H3. The summed E-state index contributed by atoms with van der Waals surface area (Å²) in [7, 11) is 0. The van der Waals surface area contributed by atoms with Crippen LogP contribution in [0.5, 0.6) is 0 Å². The first-order chi connectivity index (χ1) is 35.0. The van der Waals surface area contributed by atoms with Crippen molar-refractivity contribution in [1.82, 2.24) is 39.0 Å². The quantitative estimate of drug-likeness (QED) is 0.132. The van der Waals surface area contributed by atoms with Crippen LogP contribution in [0.4, 0.5) is 29.2 Å². The lowest BCUT2D eigenvalue weighted by atomic mass is 9.99. The molecule has 12 rings (SSSR count). The average Bonchev–Trinajstić information content (AvgIpc) is 4.05. The van der Waals surface area contributed by atoms with Crippen molar-refractivity contribution in [3.05, 3.63) is 165 Å². The van der Waals surface area contributed by atoms with Gasteiger partial charge in [0, 0.05) is 26.2 Å². The Morgan fingerprint density at radius 1 is 0.500 bits per heavy atom. The van der Waals surface area contributed by atoms with Crippen molar-refractivity contribution in [3.63, 3.8) is 0 Å². The maximum Gasteiger partial charge on any atom is 0.203 e. The van der Waals surface area contributed by atoms with Crippen LogP contribution in [0, 0.1) is 23.3 Å². The van der Waals surface area contributed by atoms with Crippen LogP contribution in [0.25, 0.3) is 66.5 Å². The Balaban J connectivity index is 0.000000156. The Labute approximate surface area is 405 Å². The van der Waals surface area contributed by atoms with Crippen LogP contribution in [0.2, 0.25) is 0 Å². The van der Waals surface area contributed by atoms with E-state index in [1.807, 2.05) is 13.8 Å². The number of imidazole rings is 2. The third-order valence-corrected chi connectivity index (χ3v) is 13.0. The topological polar surface area (TPSA) is 173 Å². The fourth-order valence-corrected chi connectivity index (χ4v) is 9.31. The summed E-state index contributed by atoms with van der Waals surface area (Å²) in [4.78, 5) is 58.3. The molecule has 2 aliphatic rings. The van der Waals surface area contributed by atoms with E-state index in [0.29, 0.717) is 97.7 Å². The van der Waals surface area contributed by atoms with Crippen molar-refractivity contribution in [3.8, 4) is 22.3 Å². The van der Waals surface area contributed by atoms with Crippen molar-refractivity contribution < 1.29 is 35.9 Å². The number of rotatable bonds is 8. The van der Waals surface area contributed by atoms with Gasteiger partial charge in [0.1, 0.15) is 69.4 Å². The average molecular weight is 979 g/mol. The molecule has 2 atom stereocenters. The van der Waals surface area contributed by atoms with Gasteiger partial charge in [0.15, 0.2) is 34.0 Å². The van der Waals surface area contributed by atoms with E-state index < -0.39 is 46.2 Å². The van der Waals surface area contributed by atoms with Crippen LogP contribution < -0.4 is 20.7 Å². The Hall–Kier alpha value is -8.36. The summed E-state index contributed by atoms with van der Waals surface area (Å²) < 4.78 is 83.5. The Kier molecular flexibility index (Phi) is 12.2. The van der Waals surface area contributed by atoms with Gasteiger partial charge in [0.05, 0.1) is 62.3 Å². The molecule has 0 spiro atoms. The molecule has 2 fully saturated rings. The summed E-state index contributed by atoms with van der Waals surface area (Å²) >= 11 is 0. The molecule has 10 aromatic rings. The molecule has 72 heavy (non-hydrogen) atoms. The van der Waals surface area contributed by atoms with Gasteiger partial charge < -0.3 is 37.2 Å². The Bertz CT molecular complexity index is 3530. The fourth-order valence-electron chi connectivity index (χ4n) is 9.31. The zero-order valence-electron chi connectivity index (χ0n) is 38.6. The minimum Gasteiger partial charge on any atom is -0.458 e. The number of hydrogen-bond acceptors (Lipinski definition) is 14.